The third-order valence-corrected chi connectivity index (χ3v) is 14.7. The van der Waals surface area contributed by atoms with Crippen LogP contribution in [0.25, 0.3) is 44.3 Å². The second kappa shape index (κ2) is 24.3. The fraction of sp³-hybridized carbons (Fsp3) is 0.421. The summed E-state index contributed by atoms with van der Waals surface area (Å²) in [5, 5.41) is 18.4. The Morgan fingerprint density at radius 1 is 0.494 bits per heavy atom. The van der Waals surface area contributed by atoms with E-state index in [4.69, 9.17) is 59.6 Å². The molecule has 8 aromatic rings. The first kappa shape index (κ1) is 52.3. The molecule has 22 heteroatoms. The molecular formula is C57H62ClN13O8. The van der Waals surface area contributed by atoms with Crippen LogP contribution in [-0.4, -0.2) is 152 Å². The number of ether oxygens (including phenoxy) is 8. The van der Waals surface area contributed by atoms with E-state index < -0.39 is 0 Å². The third-order valence-electron chi connectivity index (χ3n) is 14.5. The summed E-state index contributed by atoms with van der Waals surface area (Å²) >= 11 is 6.04. The van der Waals surface area contributed by atoms with Crippen LogP contribution in [0.15, 0.2) is 96.8 Å². The Morgan fingerprint density at radius 3 is 1.42 bits per heavy atom. The molecular weight excluding hydrogens is 1030 g/mol. The number of anilines is 2. The van der Waals surface area contributed by atoms with Crippen LogP contribution in [0.5, 0.6) is 17.6 Å². The van der Waals surface area contributed by atoms with Crippen molar-refractivity contribution in [1.29, 1.82) is 0 Å². The maximum atomic E-state index is 6.27. The van der Waals surface area contributed by atoms with Gasteiger partial charge in [0.2, 0.25) is 17.6 Å². The van der Waals surface area contributed by atoms with Gasteiger partial charge in [0, 0.05) is 106 Å². The van der Waals surface area contributed by atoms with Crippen LogP contribution in [0.4, 0.5) is 11.6 Å². The summed E-state index contributed by atoms with van der Waals surface area (Å²) in [6, 6.07) is 18.3. The highest BCUT2D eigenvalue weighted by Crippen LogP contribution is 2.37. The van der Waals surface area contributed by atoms with Gasteiger partial charge in [0.05, 0.1) is 118 Å². The number of aryl methyl sites for hydroxylation is 2. The lowest BCUT2D eigenvalue weighted by atomic mass is 10.0. The zero-order valence-electron chi connectivity index (χ0n) is 44.1. The average molecular weight is 1090 g/mol. The van der Waals surface area contributed by atoms with Crippen molar-refractivity contribution in [2.75, 3.05) is 76.7 Å². The lowest BCUT2D eigenvalue weighted by Gasteiger charge is -2.27. The second-order valence-electron chi connectivity index (χ2n) is 20.1. The van der Waals surface area contributed by atoms with Crippen molar-refractivity contribution in [2.45, 2.75) is 75.5 Å². The number of hydrogen-bond acceptors (Lipinski definition) is 19. The molecule has 0 unspecified atom stereocenters. The van der Waals surface area contributed by atoms with Crippen molar-refractivity contribution in [3.05, 3.63) is 114 Å². The van der Waals surface area contributed by atoms with Gasteiger partial charge < -0.3 is 48.5 Å². The molecule has 0 aromatic carbocycles. The van der Waals surface area contributed by atoms with E-state index in [9.17, 15) is 0 Å². The summed E-state index contributed by atoms with van der Waals surface area (Å²) in [7, 11) is 3.85. The van der Waals surface area contributed by atoms with Crippen LogP contribution in [-0.2, 0) is 44.3 Å². The molecule has 410 valence electrons. The van der Waals surface area contributed by atoms with Crippen LogP contribution >= 0.6 is 11.6 Å². The molecule has 6 aliphatic heterocycles. The van der Waals surface area contributed by atoms with Gasteiger partial charge >= 0.3 is 0 Å². The van der Waals surface area contributed by atoms with Crippen molar-refractivity contribution in [2.24, 2.45) is 19.1 Å². The van der Waals surface area contributed by atoms with Crippen molar-refractivity contribution in [3.8, 4) is 40.2 Å². The Kier molecular flexibility index (Phi) is 16.1. The number of nitrogens with zero attached hydrogens (tertiary/aromatic N) is 11. The minimum atomic E-state index is 0.117. The van der Waals surface area contributed by atoms with Crippen molar-refractivity contribution in [1.82, 2.24) is 49.5 Å². The van der Waals surface area contributed by atoms with Crippen LogP contribution < -0.4 is 24.8 Å². The predicted octanol–water partition coefficient (Wildman–Crippen LogP) is 7.84. The van der Waals surface area contributed by atoms with Crippen molar-refractivity contribution in [3.63, 3.8) is 0 Å². The van der Waals surface area contributed by atoms with Crippen LogP contribution in [0, 0.1) is 0 Å². The summed E-state index contributed by atoms with van der Waals surface area (Å²) in [5.74, 6) is 3.57. The molecule has 14 rings (SSSR count). The number of fused-ring (bicyclic) bond motifs is 3. The molecule has 0 amide bonds. The zero-order valence-corrected chi connectivity index (χ0v) is 44.9. The summed E-state index contributed by atoms with van der Waals surface area (Å²) < 4.78 is 49.1. The second-order valence-corrected chi connectivity index (χ2v) is 20.4. The highest BCUT2D eigenvalue weighted by Gasteiger charge is 2.28. The highest BCUT2D eigenvalue weighted by molar-refractivity contribution is 6.29. The van der Waals surface area contributed by atoms with Crippen molar-refractivity contribution < 1.29 is 37.9 Å². The van der Waals surface area contributed by atoms with Gasteiger partial charge in [-0.3, -0.25) is 14.4 Å². The maximum absolute atomic E-state index is 6.27. The quantitative estimate of drug-likeness (QED) is 0.105. The van der Waals surface area contributed by atoms with Crippen molar-refractivity contribution >= 4 is 50.8 Å². The molecule has 0 bridgehead atoms. The first-order valence-electron chi connectivity index (χ1n) is 27.0. The Bertz CT molecular complexity index is 3420. The number of nitrogens with one attached hydrogen (secondary N) is 2. The summed E-state index contributed by atoms with van der Waals surface area (Å²) in [4.78, 5) is 31.2. The van der Waals surface area contributed by atoms with Gasteiger partial charge in [-0.2, -0.15) is 10.2 Å². The molecule has 0 saturated carbocycles. The number of halogens is 1. The molecule has 79 heavy (non-hydrogen) atoms. The van der Waals surface area contributed by atoms with E-state index in [2.05, 4.69) is 45.6 Å². The molecule has 0 radical (unpaired) electrons. The van der Waals surface area contributed by atoms with E-state index in [0.29, 0.717) is 54.6 Å². The Hall–Kier alpha value is -7.40. The van der Waals surface area contributed by atoms with Crippen LogP contribution in [0.2, 0.25) is 5.15 Å². The lowest BCUT2D eigenvalue weighted by molar-refractivity contribution is 0.0209. The summed E-state index contributed by atoms with van der Waals surface area (Å²) in [6.45, 7) is 7.91. The topological polar surface area (TPSA) is 223 Å². The van der Waals surface area contributed by atoms with Gasteiger partial charge in [-0.1, -0.05) is 11.6 Å². The minimum absolute atomic E-state index is 0.117. The van der Waals surface area contributed by atoms with E-state index in [1.165, 1.54) is 0 Å². The van der Waals surface area contributed by atoms with E-state index in [-0.39, 0.29) is 18.3 Å². The smallest absolute Gasteiger partial charge is 0.225 e. The largest absolute Gasteiger partial charge is 0.474 e. The monoisotopic (exact) mass is 1090 g/mol. The SMILES string of the molecule is Cn1nc(-c2ccnc(Cl)c2)c2c(OC3CCOCC3)nccc21.Cn1nc(-c2ccnc(NC3COC3)c2)c2c(OC3CCOCC3)nccc21.c1cc(C2=NCc3ccnc(OC4CCOCC4)c32)cc(NC2COC2)n1. The van der Waals surface area contributed by atoms with Gasteiger partial charge in [0.15, 0.2) is 0 Å². The zero-order chi connectivity index (χ0) is 53.5. The normalized spacial score (nSPS) is 18.0. The maximum Gasteiger partial charge on any atom is 0.225 e. The highest BCUT2D eigenvalue weighted by atomic mass is 35.5. The predicted molar refractivity (Wildman–Crippen MR) is 296 cm³/mol. The number of pyridine rings is 6. The molecule has 14 heterocycles. The van der Waals surface area contributed by atoms with Gasteiger partial charge in [0.25, 0.3) is 0 Å². The van der Waals surface area contributed by atoms with E-state index in [1.807, 2.05) is 84.4 Å². The van der Waals surface area contributed by atoms with Gasteiger partial charge in [-0.15, -0.1) is 0 Å². The molecule has 8 aromatic heterocycles. The number of rotatable bonds is 13. The third kappa shape index (κ3) is 12.1. The molecule has 0 atom stereocenters. The number of aliphatic imine (C=N–C) groups is 1. The minimum Gasteiger partial charge on any atom is -0.474 e. The first-order chi connectivity index (χ1) is 38.9. The van der Waals surface area contributed by atoms with Gasteiger partial charge in [0.1, 0.15) is 46.5 Å². The average Bonchev–Trinajstić information content (AvgIpc) is 4.38. The fourth-order valence-electron chi connectivity index (χ4n) is 10.1. The molecule has 6 aliphatic rings. The van der Waals surface area contributed by atoms with E-state index in [0.717, 1.165) is 170 Å². The first-order valence-corrected chi connectivity index (χ1v) is 27.4. The molecule has 2 N–H and O–H groups in total. The molecule has 5 fully saturated rings. The Morgan fingerprint density at radius 2 is 0.924 bits per heavy atom. The number of hydrogen-bond donors (Lipinski definition) is 2. The van der Waals surface area contributed by atoms with Gasteiger partial charge in [-0.05, 0) is 60.2 Å². The number of aromatic nitrogens is 10. The lowest BCUT2D eigenvalue weighted by Crippen LogP contribution is -2.40. The molecule has 0 spiro atoms. The van der Waals surface area contributed by atoms with Gasteiger partial charge in [-0.25, -0.2) is 29.9 Å². The fourth-order valence-corrected chi connectivity index (χ4v) is 10.3. The summed E-state index contributed by atoms with van der Waals surface area (Å²) in [6.07, 6.45) is 16.3. The molecule has 5 saturated heterocycles. The molecule has 0 aliphatic carbocycles. The van der Waals surface area contributed by atoms with Crippen LogP contribution in [0.1, 0.15) is 55.2 Å². The molecule has 21 nitrogen and oxygen atoms in total. The Labute approximate surface area is 461 Å². The Balaban J connectivity index is 0.000000119. The van der Waals surface area contributed by atoms with Crippen LogP contribution in [0.3, 0.4) is 0 Å². The summed E-state index contributed by atoms with van der Waals surface area (Å²) in [5.41, 5.74) is 9.59. The van der Waals surface area contributed by atoms with E-state index >= 15 is 0 Å². The van der Waals surface area contributed by atoms with E-state index in [1.54, 1.807) is 30.9 Å². The standard InChI is InChI=1S/C20H23N5O3.C20H22N4O3.C17H17ClN4O2/c1-25-16-3-7-22-20(28-15-4-8-26-9-5-15)18(16)19(24-25)13-2-6-21-17(10-13)23-14-11-27-12-14;1-5-21-17(24-15-11-26-12-15)9-13(1)19-18-14(10-23-19)2-6-22-20(18)27-16-3-7-25-8-4-16;1-22-13-3-7-20-17(24-12-4-8-23-9-5-12)15(13)16(21-22)11-2-6-19-14(18)10-11/h2-3,6-7,10,14-15H,4-5,8-9,11-12H2,1H3,(H,21,23);1-2,5-6,9,15-16H,3-4,7-8,10-12H2,(H,21,24);2-3,6-7,10,12H,4-5,8-9H2,1H3.